The summed E-state index contributed by atoms with van der Waals surface area (Å²) in [5.74, 6) is 0.382. The number of imidazole rings is 2. The van der Waals surface area contributed by atoms with Crippen LogP contribution in [0.15, 0.2) is 54.7 Å². The molecule has 0 aliphatic heterocycles. The van der Waals surface area contributed by atoms with Gasteiger partial charge in [-0.2, -0.15) is 0 Å². The number of anilines is 1. The van der Waals surface area contributed by atoms with E-state index in [0.717, 1.165) is 22.2 Å². The predicted molar refractivity (Wildman–Crippen MR) is 122 cm³/mol. The molecule has 1 amide bonds. The van der Waals surface area contributed by atoms with Gasteiger partial charge in [0.15, 0.2) is 5.78 Å². The molecule has 3 heterocycles. The van der Waals surface area contributed by atoms with E-state index < -0.39 is 0 Å². The van der Waals surface area contributed by atoms with Crippen molar-refractivity contribution in [2.24, 2.45) is 0 Å². The summed E-state index contributed by atoms with van der Waals surface area (Å²) in [7, 11) is 0. The minimum Gasteiger partial charge on any atom is -0.345 e. The molecule has 3 N–H and O–H groups in total. The number of hydrogen-bond donors (Lipinski definition) is 3. The minimum absolute atomic E-state index is 0.107. The number of ketones is 1. The van der Waals surface area contributed by atoms with Gasteiger partial charge in [-0.05, 0) is 37.4 Å². The van der Waals surface area contributed by atoms with Gasteiger partial charge in [-0.15, -0.1) is 0 Å². The van der Waals surface area contributed by atoms with E-state index in [0.29, 0.717) is 22.4 Å². The highest BCUT2D eigenvalue weighted by atomic mass is 16.2. The van der Waals surface area contributed by atoms with Crippen molar-refractivity contribution >= 4 is 39.4 Å². The number of nitrogens with zero attached hydrogens (tertiary/aromatic N) is 3. The maximum atomic E-state index is 12.9. The Bertz CT molecular complexity index is 1480. The highest BCUT2D eigenvalue weighted by Crippen LogP contribution is 2.21. The number of aromatic nitrogens is 5. The summed E-state index contributed by atoms with van der Waals surface area (Å²) in [5, 5.41) is 4.62. The first-order chi connectivity index (χ1) is 15.5. The number of nitrogens with one attached hydrogen (secondary N) is 3. The van der Waals surface area contributed by atoms with Crippen molar-refractivity contribution in [3.63, 3.8) is 0 Å². The number of carbonyl (C=O) groups excluding carboxylic acids is 2. The van der Waals surface area contributed by atoms with Crippen LogP contribution >= 0.6 is 0 Å². The molecule has 8 nitrogen and oxygen atoms in total. The number of pyridine rings is 1. The fraction of sp³-hybridized carbons (Fsp3) is 0.125. The summed E-state index contributed by atoms with van der Waals surface area (Å²) in [6.45, 7) is 3.82. The van der Waals surface area contributed by atoms with Gasteiger partial charge >= 0.3 is 0 Å². The third-order valence-electron chi connectivity index (χ3n) is 5.41. The second-order valence-electron chi connectivity index (χ2n) is 7.65. The Morgan fingerprint density at radius 3 is 2.56 bits per heavy atom. The highest BCUT2D eigenvalue weighted by Gasteiger charge is 2.17. The molecule has 0 fully saturated rings. The lowest BCUT2D eigenvalue weighted by molar-refractivity contribution is 0.0990. The Kier molecular flexibility index (Phi) is 4.74. The van der Waals surface area contributed by atoms with Crippen molar-refractivity contribution in [3.05, 3.63) is 83.2 Å². The van der Waals surface area contributed by atoms with Crippen LogP contribution in [0.1, 0.15) is 38.1 Å². The van der Waals surface area contributed by atoms with Crippen molar-refractivity contribution in [2.75, 3.05) is 5.32 Å². The molecule has 0 aliphatic rings. The van der Waals surface area contributed by atoms with E-state index in [1.54, 1.807) is 24.4 Å². The highest BCUT2D eigenvalue weighted by molar-refractivity contribution is 6.08. The largest absolute Gasteiger partial charge is 0.345 e. The zero-order valence-electron chi connectivity index (χ0n) is 17.6. The normalized spacial score (nSPS) is 11.2. The fourth-order valence-electron chi connectivity index (χ4n) is 3.65. The Labute approximate surface area is 183 Å². The number of hydrogen-bond acceptors (Lipinski definition) is 5. The van der Waals surface area contributed by atoms with Gasteiger partial charge in [0.05, 0.1) is 17.6 Å². The van der Waals surface area contributed by atoms with E-state index in [2.05, 4.69) is 30.2 Å². The second-order valence-corrected chi connectivity index (χ2v) is 7.65. The van der Waals surface area contributed by atoms with Crippen molar-refractivity contribution in [1.82, 2.24) is 24.9 Å². The Morgan fingerprint density at radius 1 is 0.969 bits per heavy atom. The van der Waals surface area contributed by atoms with Crippen LogP contribution < -0.4 is 5.32 Å². The van der Waals surface area contributed by atoms with E-state index in [1.807, 2.05) is 44.2 Å². The number of aromatic amines is 2. The van der Waals surface area contributed by atoms with Crippen LogP contribution in [-0.2, 0) is 6.42 Å². The monoisotopic (exact) mass is 424 g/mol. The lowest BCUT2D eigenvalue weighted by Gasteiger charge is -2.03. The van der Waals surface area contributed by atoms with Crippen molar-refractivity contribution in [1.29, 1.82) is 0 Å². The number of H-pyrrole nitrogens is 2. The third kappa shape index (κ3) is 3.62. The molecule has 2 aromatic carbocycles. The summed E-state index contributed by atoms with van der Waals surface area (Å²) in [5.41, 5.74) is 3.72. The maximum absolute atomic E-state index is 12.9. The maximum Gasteiger partial charge on any atom is 0.276 e. The van der Waals surface area contributed by atoms with Gasteiger partial charge < -0.3 is 9.97 Å². The second kappa shape index (κ2) is 7.73. The van der Waals surface area contributed by atoms with Gasteiger partial charge in [0.25, 0.3) is 5.91 Å². The molecule has 0 unspecified atom stereocenters. The SMILES string of the molecule is Cc1nc(CC(=O)c2cccc3[nH]c(NC(=O)c4cc5ccccc5cn4)nc23)[nH]c1C. The molecule has 8 heteroatoms. The molecule has 0 spiro atoms. The molecular weight excluding hydrogens is 404 g/mol. The molecule has 3 aromatic heterocycles. The number of Topliss-reactive ketones (excluding diaryl/α,β-unsaturated/α-hetero) is 1. The summed E-state index contributed by atoms with van der Waals surface area (Å²) < 4.78 is 0. The molecule has 0 atom stereocenters. The van der Waals surface area contributed by atoms with Gasteiger partial charge in [0.1, 0.15) is 17.0 Å². The standard InChI is InChI=1S/C24H20N6O2/c1-13-14(2)27-21(26-13)11-20(31)17-8-5-9-18-22(17)29-24(28-18)30-23(32)19-10-15-6-3-4-7-16(15)12-25-19/h3-10,12H,11H2,1-2H3,(H,26,27)(H2,28,29,30,32). The van der Waals surface area contributed by atoms with Crippen LogP contribution in [-0.4, -0.2) is 36.6 Å². The van der Waals surface area contributed by atoms with Crippen LogP contribution in [0.3, 0.4) is 0 Å². The molecular formula is C24H20N6O2. The van der Waals surface area contributed by atoms with Crippen molar-refractivity contribution in [2.45, 2.75) is 20.3 Å². The molecule has 0 bridgehead atoms. The van der Waals surface area contributed by atoms with Gasteiger partial charge in [-0.3, -0.25) is 19.9 Å². The fourth-order valence-corrected chi connectivity index (χ4v) is 3.65. The molecule has 0 saturated heterocycles. The molecule has 32 heavy (non-hydrogen) atoms. The zero-order chi connectivity index (χ0) is 22.2. The van der Waals surface area contributed by atoms with Crippen molar-refractivity contribution < 1.29 is 9.59 Å². The van der Waals surface area contributed by atoms with Gasteiger partial charge in [-0.1, -0.05) is 30.3 Å². The minimum atomic E-state index is -0.385. The number of aryl methyl sites for hydroxylation is 2. The van der Waals surface area contributed by atoms with Gasteiger partial charge in [-0.25, -0.2) is 9.97 Å². The molecule has 0 saturated carbocycles. The summed E-state index contributed by atoms with van der Waals surface area (Å²) in [6, 6.07) is 14.7. The lowest BCUT2D eigenvalue weighted by Crippen LogP contribution is -2.14. The zero-order valence-corrected chi connectivity index (χ0v) is 17.6. The average molecular weight is 424 g/mol. The smallest absolute Gasteiger partial charge is 0.276 e. The van der Waals surface area contributed by atoms with Crippen LogP contribution in [0.25, 0.3) is 21.8 Å². The Hall–Kier alpha value is -4.33. The first-order valence-electron chi connectivity index (χ1n) is 10.2. The van der Waals surface area contributed by atoms with Gasteiger partial charge in [0.2, 0.25) is 5.95 Å². The Balaban J connectivity index is 1.40. The van der Waals surface area contributed by atoms with E-state index in [9.17, 15) is 9.59 Å². The van der Waals surface area contributed by atoms with Crippen LogP contribution in [0, 0.1) is 13.8 Å². The van der Waals surface area contributed by atoms with E-state index in [4.69, 9.17) is 0 Å². The average Bonchev–Trinajstić information content (AvgIpc) is 3.34. The molecule has 0 radical (unpaired) electrons. The molecule has 5 aromatic rings. The molecule has 158 valence electrons. The van der Waals surface area contributed by atoms with E-state index in [1.165, 1.54) is 0 Å². The van der Waals surface area contributed by atoms with Crippen LogP contribution in [0.2, 0.25) is 0 Å². The first-order valence-corrected chi connectivity index (χ1v) is 10.2. The lowest BCUT2D eigenvalue weighted by atomic mass is 10.1. The van der Waals surface area contributed by atoms with Gasteiger partial charge in [0, 0.05) is 22.8 Å². The number of rotatable bonds is 5. The quantitative estimate of drug-likeness (QED) is 0.367. The van der Waals surface area contributed by atoms with Crippen LogP contribution in [0.4, 0.5) is 5.95 Å². The molecule has 5 rings (SSSR count). The summed E-state index contributed by atoms with van der Waals surface area (Å²) in [6.07, 6.45) is 1.81. The first kappa shape index (κ1) is 19.6. The van der Waals surface area contributed by atoms with E-state index in [-0.39, 0.29) is 29.8 Å². The number of amides is 1. The number of para-hydroxylation sites is 1. The summed E-state index contributed by atoms with van der Waals surface area (Å²) in [4.78, 5) is 44.9. The number of benzene rings is 2. The number of fused-ring (bicyclic) bond motifs is 2. The van der Waals surface area contributed by atoms with E-state index >= 15 is 0 Å². The predicted octanol–water partition coefficient (Wildman–Crippen LogP) is 4.13. The number of carbonyl (C=O) groups is 2. The molecule has 0 aliphatic carbocycles. The van der Waals surface area contributed by atoms with Crippen LogP contribution in [0.5, 0.6) is 0 Å². The summed E-state index contributed by atoms with van der Waals surface area (Å²) >= 11 is 0. The Morgan fingerprint density at radius 2 is 1.78 bits per heavy atom. The van der Waals surface area contributed by atoms with Crippen molar-refractivity contribution in [3.8, 4) is 0 Å². The third-order valence-corrected chi connectivity index (χ3v) is 5.41. The topological polar surface area (TPSA) is 116 Å².